The quantitative estimate of drug-likeness (QED) is 0.364. The Labute approximate surface area is 161 Å². The minimum atomic E-state index is -1.03. The van der Waals surface area contributed by atoms with Crippen LogP contribution in [-0.4, -0.2) is 26.2 Å². The molecule has 5 nitrogen and oxygen atoms in total. The largest absolute Gasteiger partial charge is 0.443 e. The van der Waals surface area contributed by atoms with Gasteiger partial charge in [-0.1, -0.05) is 15.9 Å². The zero-order valence-corrected chi connectivity index (χ0v) is 16.3. The van der Waals surface area contributed by atoms with Gasteiger partial charge in [0.2, 0.25) is 0 Å². The van der Waals surface area contributed by atoms with Crippen LogP contribution >= 0.6 is 15.9 Å². The lowest BCUT2D eigenvalue weighted by molar-refractivity contribution is 0.0550. The fourth-order valence-electron chi connectivity index (χ4n) is 2.88. The molecule has 4 aromatic rings. The van der Waals surface area contributed by atoms with Crippen molar-refractivity contribution in [3.05, 3.63) is 46.4 Å². The molecule has 2 heterocycles. The molecule has 27 heavy (non-hydrogen) atoms. The van der Waals surface area contributed by atoms with Crippen molar-refractivity contribution in [2.45, 2.75) is 26.4 Å². The maximum Gasteiger partial charge on any atom is 0.420 e. The van der Waals surface area contributed by atoms with Gasteiger partial charge < -0.3 is 4.74 Å². The Kier molecular flexibility index (Phi) is 3.92. The second-order valence-electron chi connectivity index (χ2n) is 7.13. The number of ether oxygens (including phenoxy) is 1. The van der Waals surface area contributed by atoms with Gasteiger partial charge in [-0.3, -0.25) is 0 Å². The van der Waals surface area contributed by atoms with Crippen molar-refractivity contribution in [1.82, 2.24) is 14.5 Å². The van der Waals surface area contributed by atoms with Crippen molar-refractivity contribution in [2.24, 2.45) is 0 Å². The number of fused-ring (bicyclic) bond motifs is 4. The summed E-state index contributed by atoms with van der Waals surface area (Å²) < 4.78 is 34.8. The molecule has 0 saturated heterocycles. The number of carbonyl (C=O) groups is 1. The van der Waals surface area contributed by atoms with Gasteiger partial charge in [0.25, 0.3) is 0 Å². The van der Waals surface area contributed by atoms with Crippen molar-refractivity contribution in [3.8, 4) is 0 Å². The van der Waals surface area contributed by atoms with E-state index in [9.17, 15) is 13.6 Å². The SMILES string of the molecule is CC(C)(C)OC(=O)n1c2cc(Br)ccc2c2nc3cc(F)c(F)cc3nc21. The lowest BCUT2D eigenvalue weighted by Gasteiger charge is -2.20. The highest BCUT2D eigenvalue weighted by Crippen LogP contribution is 2.31. The molecule has 4 rings (SSSR count). The van der Waals surface area contributed by atoms with Crippen LogP contribution in [0.2, 0.25) is 0 Å². The highest BCUT2D eigenvalue weighted by molar-refractivity contribution is 9.10. The molecule has 0 radical (unpaired) electrons. The van der Waals surface area contributed by atoms with E-state index in [0.717, 1.165) is 16.6 Å². The highest BCUT2D eigenvalue weighted by Gasteiger charge is 2.24. The van der Waals surface area contributed by atoms with Crippen LogP contribution in [0.1, 0.15) is 20.8 Å². The third-order valence-electron chi connectivity index (χ3n) is 3.93. The first-order valence-electron chi connectivity index (χ1n) is 8.14. The maximum absolute atomic E-state index is 13.6. The lowest BCUT2D eigenvalue weighted by atomic mass is 10.2. The number of hydrogen-bond acceptors (Lipinski definition) is 4. The fraction of sp³-hybridized carbons (Fsp3) is 0.211. The van der Waals surface area contributed by atoms with E-state index in [1.54, 1.807) is 39.0 Å². The van der Waals surface area contributed by atoms with Crippen LogP contribution in [-0.2, 0) is 4.74 Å². The van der Waals surface area contributed by atoms with Gasteiger partial charge in [0.05, 0.1) is 16.6 Å². The van der Waals surface area contributed by atoms with Gasteiger partial charge in [0, 0.05) is 22.0 Å². The third kappa shape index (κ3) is 3.03. The minimum absolute atomic E-state index is 0.146. The summed E-state index contributed by atoms with van der Waals surface area (Å²) in [5.74, 6) is -2.03. The zero-order valence-electron chi connectivity index (χ0n) is 14.7. The highest BCUT2D eigenvalue weighted by atomic mass is 79.9. The second-order valence-corrected chi connectivity index (χ2v) is 8.04. The van der Waals surface area contributed by atoms with Gasteiger partial charge in [-0.2, -0.15) is 0 Å². The number of benzene rings is 2. The predicted molar refractivity (Wildman–Crippen MR) is 102 cm³/mol. The number of rotatable bonds is 0. The molecular weight excluding hydrogens is 420 g/mol. The van der Waals surface area contributed by atoms with Crippen molar-refractivity contribution in [2.75, 3.05) is 0 Å². The van der Waals surface area contributed by atoms with E-state index in [0.29, 0.717) is 16.4 Å². The molecule has 0 saturated carbocycles. The molecule has 0 atom stereocenters. The number of nitrogens with zero attached hydrogens (tertiary/aromatic N) is 3. The van der Waals surface area contributed by atoms with E-state index in [1.807, 2.05) is 0 Å². The Morgan fingerprint density at radius 3 is 2.33 bits per heavy atom. The zero-order chi connectivity index (χ0) is 19.5. The molecular formula is C19H14BrF2N3O2. The molecule has 0 bridgehead atoms. The molecule has 0 N–H and O–H groups in total. The standard InChI is InChI=1S/C19H14BrF2N3O2/c1-19(2,3)27-18(26)25-15-6-9(20)4-5-10(15)16-17(25)24-14-8-12(22)11(21)7-13(14)23-16/h4-8H,1-3H3. The molecule has 0 fully saturated rings. The predicted octanol–water partition coefficient (Wildman–Crippen LogP) is 5.56. The molecule has 8 heteroatoms. The summed E-state index contributed by atoms with van der Waals surface area (Å²) in [6.07, 6.45) is -0.628. The number of aromatic nitrogens is 3. The molecule has 0 unspecified atom stereocenters. The summed E-state index contributed by atoms with van der Waals surface area (Å²) in [5.41, 5.74) is 0.786. The summed E-state index contributed by atoms with van der Waals surface area (Å²) in [7, 11) is 0. The molecule has 0 spiro atoms. The smallest absolute Gasteiger partial charge is 0.420 e. The van der Waals surface area contributed by atoms with E-state index < -0.39 is 23.3 Å². The van der Waals surface area contributed by atoms with Crippen LogP contribution < -0.4 is 0 Å². The Balaban J connectivity index is 2.11. The first kappa shape index (κ1) is 17.8. The maximum atomic E-state index is 13.6. The summed E-state index contributed by atoms with van der Waals surface area (Å²) in [4.78, 5) is 21.6. The van der Waals surface area contributed by atoms with Crippen LogP contribution in [0.3, 0.4) is 0 Å². The van der Waals surface area contributed by atoms with E-state index in [4.69, 9.17) is 4.74 Å². The second kappa shape index (κ2) is 5.95. The van der Waals surface area contributed by atoms with E-state index in [2.05, 4.69) is 25.9 Å². The summed E-state index contributed by atoms with van der Waals surface area (Å²) in [5, 5.41) is 0.651. The number of hydrogen-bond donors (Lipinski definition) is 0. The van der Waals surface area contributed by atoms with Crippen molar-refractivity contribution in [1.29, 1.82) is 0 Å². The topological polar surface area (TPSA) is 57.0 Å². The molecule has 2 aromatic heterocycles. The normalized spacial score (nSPS) is 12.2. The average molecular weight is 434 g/mol. The Bertz CT molecular complexity index is 1250. The van der Waals surface area contributed by atoms with Crippen LogP contribution in [0.15, 0.2) is 34.8 Å². The Morgan fingerprint density at radius 2 is 1.70 bits per heavy atom. The molecule has 0 amide bonds. The number of halogens is 3. The van der Waals surface area contributed by atoms with E-state index >= 15 is 0 Å². The lowest BCUT2D eigenvalue weighted by Crippen LogP contribution is -2.27. The van der Waals surface area contributed by atoms with Gasteiger partial charge in [-0.25, -0.2) is 28.1 Å². The van der Waals surface area contributed by atoms with Gasteiger partial charge in [0.1, 0.15) is 11.1 Å². The monoisotopic (exact) mass is 433 g/mol. The van der Waals surface area contributed by atoms with Gasteiger partial charge >= 0.3 is 6.09 Å². The van der Waals surface area contributed by atoms with Crippen molar-refractivity contribution >= 4 is 55.1 Å². The van der Waals surface area contributed by atoms with Crippen LogP contribution in [0.5, 0.6) is 0 Å². The van der Waals surface area contributed by atoms with E-state index in [-0.39, 0.29) is 16.7 Å². The van der Waals surface area contributed by atoms with Crippen molar-refractivity contribution < 1.29 is 18.3 Å². The van der Waals surface area contributed by atoms with E-state index in [1.165, 1.54) is 4.57 Å². The first-order valence-corrected chi connectivity index (χ1v) is 8.93. The molecule has 2 aromatic carbocycles. The molecule has 0 aliphatic heterocycles. The Hall–Kier alpha value is -2.61. The summed E-state index contributed by atoms with van der Waals surface area (Å²) in [6.45, 7) is 5.27. The van der Waals surface area contributed by atoms with Gasteiger partial charge in [-0.15, -0.1) is 0 Å². The van der Waals surface area contributed by atoms with Crippen molar-refractivity contribution in [3.63, 3.8) is 0 Å². The fourth-order valence-corrected chi connectivity index (χ4v) is 3.22. The number of carbonyl (C=O) groups excluding carboxylic acids is 1. The average Bonchev–Trinajstić information content (AvgIpc) is 2.85. The molecule has 0 aliphatic carbocycles. The molecule has 0 aliphatic rings. The van der Waals surface area contributed by atoms with Crippen LogP contribution in [0, 0.1) is 11.6 Å². The van der Waals surface area contributed by atoms with Gasteiger partial charge in [-0.05, 0) is 39.0 Å². The minimum Gasteiger partial charge on any atom is -0.443 e. The van der Waals surface area contributed by atoms with Gasteiger partial charge in [0.15, 0.2) is 17.3 Å². The summed E-state index contributed by atoms with van der Waals surface area (Å²) in [6, 6.07) is 7.28. The third-order valence-corrected chi connectivity index (χ3v) is 4.42. The van der Waals surface area contributed by atoms with Crippen LogP contribution in [0.4, 0.5) is 13.6 Å². The summed E-state index contributed by atoms with van der Waals surface area (Å²) >= 11 is 3.39. The Morgan fingerprint density at radius 1 is 1.07 bits per heavy atom. The molecule has 138 valence electrons. The van der Waals surface area contributed by atoms with Crippen LogP contribution in [0.25, 0.3) is 33.1 Å². The first-order chi connectivity index (χ1) is 12.6.